The second-order valence-corrected chi connectivity index (χ2v) is 8.00. The molecule has 5 rings (SSSR count). The first-order valence-corrected chi connectivity index (χ1v) is 10.3. The Morgan fingerprint density at radius 2 is 2.00 bits per heavy atom. The molecule has 0 aliphatic carbocycles. The van der Waals surface area contributed by atoms with Crippen molar-refractivity contribution in [3.8, 4) is 5.75 Å². The van der Waals surface area contributed by atoms with Crippen LogP contribution in [0.3, 0.4) is 0 Å². The Morgan fingerprint density at radius 1 is 1.19 bits per heavy atom. The average molecular weight is 469 g/mol. The van der Waals surface area contributed by atoms with E-state index in [1.807, 2.05) is 6.07 Å². The molecule has 3 nitrogen and oxygen atoms in total. The van der Waals surface area contributed by atoms with Crippen LogP contribution >= 0.6 is 0 Å². The molecular formula is C24H25F3MnN2O. The Labute approximate surface area is 191 Å². The number of hydrogen-bond donors (Lipinski definition) is 1. The Bertz CT molecular complexity index is 955. The van der Waals surface area contributed by atoms with Gasteiger partial charge in [-0.15, -0.1) is 47.3 Å². The maximum atomic E-state index is 12.2. The first kappa shape index (κ1) is 23.6. The minimum atomic E-state index is -4.31. The summed E-state index contributed by atoms with van der Waals surface area (Å²) >= 11 is 0. The van der Waals surface area contributed by atoms with Gasteiger partial charge in [0.25, 0.3) is 0 Å². The fourth-order valence-electron chi connectivity index (χ4n) is 4.07. The van der Waals surface area contributed by atoms with E-state index >= 15 is 0 Å². The number of aromatic nitrogens is 1. The minimum Gasteiger partial charge on any atom is -0.550 e. The summed E-state index contributed by atoms with van der Waals surface area (Å²) in [7, 11) is 0. The number of rotatable bonds is 1. The van der Waals surface area contributed by atoms with Crippen molar-refractivity contribution in [3.05, 3.63) is 72.3 Å². The molecule has 1 fully saturated rings. The number of alkyl halides is 3. The van der Waals surface area contributed by atoms with Gasteiger partial charge in [0, 0.05) is 18.3 Å². The summed E-state index contributed by atoms with van der Waals surface area (Å²) in [5, 5.41) is 0.454. The van der Waals surface area contributed by atoms with E-state index in [9.17, 15) is 13.2 Å². The van der Waals surface area contributed by atoms with Gasteiger partial charge in [-0.25, -0.2) is 0 Å². The number of likely N-dealkylation sites (tertiary alicyclic amines) is 1. The van der Waals surface area contributed by atoms with E-state index < -0.39 is 11.9 Å². The maximum Gasteiger partial charge on any atom is 2.00 e. The van der Waals surface area contributed by atoms with Crippen LogP contribution in [0.1, 0.15) is 31.0 Å². The molecule has 0 unspecified atom stereocenters. The zero-order valence-electron chi connectivity index (χ0n) is 17.3. The van der Waals surface area contributed by atoms with E-state index in [4.69, 9.17) is 4.74 Å². The number of hydrogen-bond acceptors (Lipinski definition) is 2. The average Bonchev–Trinajstić information content (AvgIpc) is 3.19. The van der Waals surface area contributed by atoms with Crippen LogP contribution in [-0.4, -0.2) is 35.6 Å². The topological polar surface area (TPSA) is 28.3 Å². The quantitative estimate of drug-likeness (QED) is 0.365. The number of nitrogens with zero attached hydrogens (tertiary/aromatic N) is 1. The molecule has 2 aliphatic rings. The van der Waals surface area contributed by atoms with Crippen LogP contribution in [-0.2, 0) is 23.2 Å². The third-order valence-corrected chi connectivity index (χ3v) is 5.61. The molecule has 165 valence electrons. The van der Waals surface area contributed by atoms with Crippen molar-refractivity contribution >= 4 is 10.9 Å². The summed E-state index contributed by atoms with van der Waals surface area (Å²) in [4.78, 5) is 4.85. The first-order chi connectivity index (χ1) is 14.4. The molecule has 2 atom stereocenters. The molecule has 31 heavy (non-hydrogen) atoms. The van der Waals surface area contributed by atoms with E-state index in [-0.39, 0.29) is 17.1 Å². The molecule has 1 saturated heterocycles. The molecule has 1 N–H and O–H groups in total. The van der Waals surface area contributed by atoms with Gasteiger partial charge in [-0.05, 0) is 30.8 Å². The largest absolute Gasteiger partial charge is 2.00 e. The molecule has 3 aromatic rings. The molecule has 0 amide bonds. The van der Waals surface area contributed by atoms with Crippen LogP contribution in [0.4, 0.5) is 13.2 Å². The van der Waals surface area contributed by atoms with Gasteiger partial charge in [-0.2, -0.15) is 25.7 Å². The molecule has 1 radical (unpaired) electrons. The molecule has 0 bridgehead atoms. The van der Waals surface area contributed by atoms with Crippen LogP contribution in [0.25, 0.3) is 10.9 Å². The second-order valence-electron chi connectivity index (χ2n) is 8.00. The van der Waals surface area contributed by atoms with E-state index in [1.54, 1.807) is 18.2 Å². The van der Waals surface area contributed by atoms with Crippen LogP contribution in [0.2, 0.25) is 0 Å². The number of ether oxygens (including phenoxy) is 1. The monoisotopic (exact) mass is 469 g/mol. The zero-order valence-corrected chi connectivity index (χ0v) is 18.4. The number of aromatic amines is 1. The van der Waals surface area contributed by atoms with Crippen molar-refractivity contribution in [2.45, 2.75) is 32.0 Å². The number of fused-ring (bicyclic) bond motifs is 2. The molecule has 0 spiro atoms. The summed E-state index contributed by atoms with van der Waals surface area (Å²) < 4.78 is 42.4. The van der Waals surface area contributed by atoms with Crippen LogP contribution in [0.15, 0.2) is 48.5 Å². The van der Waals surface area contributed by atoms with Gasteiger partial charge in [-0.3, -0.25) is 0 Å². The van der Waals surface area contributed by atoms with E-state index in [0.717, 1.165) is 24.3 Å². The maximum absolute atomic E-state index is 12.2. The van der Waals surface area contributed by atoms with Crippen molar-refractivity contribution in [1.82, 2.24) is 9.88 Å². The van der Waals surface area contributed by atoms with E-state index in [0.29, 0.717) is 16.9 Å². The summed E-state index contributed by atoms with van der Waals surface area (Å²) in [5.74, 6) is 1.86. The van der Waals surface area contributed by atoms with Crippen molar-refractivity contribution in [1.29, 1.82) is 0 Å². The van der Waals surface area contributed by atoms with Crippen LogP contribution in [0.5, 0.6) is 5.75 Å². The summed E-state index contributed by atoms with van der Waals surface area (Å²) in [6.07, 6.45) is 0.761. The van der Waals surface area contributed by atoms with Gasteiger partial charge < -0.3 is 14.6 Å². The molecular weight excluding hydrogens is 444 g/mol. The normalized spacial score (nSPS) is 21.0. The number of halogens is 3. The van der Waals surface area contributed by atoms with Gasteiger partial charge in [0.15, 0.2) is 0 Å². The Hall–Kier alpha value is -2.08. The van der Waals surface area contributed by atoms with Crippen molar-refractivity contribution in [2.24, 2.45) is 5.92 Å². The standard InChI is InChI=1S/C15H20NO.C9H5F3N.Mn/c1-12-5-4-8-16(10-12)14-9-13-6-2-3-7-15(13)17-11-14;10-9(11,12)8-5-6-3-1-2-4-7(6)13-8;/h2-3,6-7,9,12,14H,4-5,8,10-11H2,1H3;1-2,4-5,13H;/q2*-1;+2/t12-,14+;;/m0../s1. The smallest absolute Gasteiger partial charge is 0.550 e. The number of nitrogens with one attached hydrogen (secondary N) is 1. The zero-order chi connectivity index (χ0) is 21.1. The predicted octanol–water partition coefficient (Wildman–Crippen LogP) is 5.72. The summed E-state index contributed by atoms with van der Waals surface area (Å²) in [5.41, 5.74) is 0.974. The fraction of sp³-hybridized carbons (Fsp3) is 0.375. The van der Waals surface area contributed by atoms with Gasteiger partial charge in [0.1, 0.15) is 0 Å². The summed E-state index contributed by atoms with van der Waals surface area (Å²) in [6.45, 7) is 5.59. The van der Waals surface area contributed by atoms with Crippen molar-refractivity contribution < 1.29 is 35.0 Å². The molecule has 1 aromatic heterocycles. The van der Waals surface area contributed by atoms with Crippen molar-refractivity contribution in [2.75, 3.05) is 19.7 Å². The van der Waals surface area contributed by atoms with Crippen LogP contribution < -0.4 is 4.74 Å². The molecule has 2 aliphatic heterocycles. The van der Waals surface area contributed by atoms with Gasteiger partial charge >= 0.3 is 23.2 Å². The molecule has 7 heteroatoms. The minimum absolute atomic E-state index is 0. The van der Waals surface area contributed by atoms with Crippen molar-refractivity contribution in [3.63, 3.8) is 0 Å². The van der Waals surface area contributed by atoms with E-state index in [1.165, 1.54) is 31.5 Å². The SMILES string of the molecule is C[C@H]1CCCN([C@@H]2[CH-]c3ccccc3OC2)C1.FC(F)(F)c1cc2[c-]cccc2[nH]1.[Mn+2]. The second kappa shape index (κ2) is 10.0. The molecule has 0 saturated carbocycles. The summed E-state index contributed by atoms with van der Waals surface area (Å²) in [6, 6.07) is 17.4. The van der Waals surface area contributed by atoms with E-state index in [2.05, 4.69) is 47.5 Å². The van der Waals surface area contributed by atoms with Gasteiger partial charge in [0.05, 0.1) is 12.3 Å². The first-order valence-electron chi connectivity index (χ1n) is 10.3. The Morgan fingerprint density at radius 3 is 2.74 bits per heavy atom. The van der Waals surface area contributed by atoms with Gasteiger partial charge in [-0.1, -0.05) is 19.1 Å². The fourth-order valence-corrected chi connectivity index (χ4v) is 4.07. The number of benzene rings is 2. The predicted molar refractivity (Wildman–Crippen MR) is 111 cm³/mol. The Kier molecular flexibility index (Phi) is 7.63. The third kappa shape index (κ3) is 5.79. The number of piperidine rings is 1. The Balaban J connectivity index is 0.000000176. The number of H-pyrrole nitrogens is 1. The van der Waals surface area contributed by atoms with Gasteiger partial charge in [0.2, 0.25) is 0 Å². The number of para-hydroxylation sites is 1. The third-order valence-electron chi connectivity index (χ3n) is 5.61. The molecule has 3 heterocycles. The molecule has 2 aromatic carbocycles. The van der Waals surface area contributed by atoms with Crippen LogP contribution in [0, 0.1) is 18.4 Å².